The molecule has 1 aliphatic rings. The second kappa shape index (κ2) is 8.08. The van der Waals surface area contributed by atoms with Gasteiger partial charge in [-0.15, -0.1) is 12.4 Å². The van der Waals surface area contributed by atoms with Gasteiger partial charge in [0.2, 0.25) is 5.91 Å². The van der Waals surface area contributed by atoms with Crippen molar-refractivity contribution in [3.8, 4) is 0 Å². The van der Waals surface area contributed by atoms with Crippen LogP contribution in [0.25, 0.3) is 0 Å². The van der Waals surface area contributed by atoms with Crippen molar-refractivity contribution in [3.05, 3.63) is 0 Å². The molecule has 5 heteroatoms. The minimum atomic E-state index is 0. The fourth-order valence-corrected chi connectivity index (χ4v) is 2.44. The summed E-state index contributed by atoms with van der Waals surface area (Å²) < 4.78 is 0. The number of hydrogen-bond donors (Lipinski definition) is 1. The molecular formula is C14H30ClN3O. The van der Waals surface area contributed by atoms with E-state index in [0.717, 1.165) is 38.4 Å². The van der Waals surface area contributed by atoms with Gasteiger partial charge in [-0.3, -0.25) is 9.69 Å². The van der Waals surface area contributed by atoms with E-state index in [1.54, 1.807) is 0 Å². The molecule has 1 heterocycles. The quantitative estimate of drug-likeness (QED) is 0.837. The molecule has 1 saturated heterocycles. The van der Waals surface area contributed by atoms with Crippen molar-refractivity contribution in [2.24, 2.45) is 17.1 Å². The average molecular weight is 292 g/mol. The van der Waals surface area contributed by atoms with Crippen molar-refractivity contribution in [1.29, 1.82) is 0 Å². The van der Waals surface area contributed by atoms with Gasteiger partial charge in [-0.25, -0.2) is 0 Å². The topological polar surface area (TPSA) is 49.6 Å². The summed E-state index contributed by atoms with van der Waals surface area (Å²) in [5.41, 5.74) is 5.80. The molecule has 0 saturated carbocycles. The predicted molar refractivity (Wildman–Crippen MR) is 82.6 cm³/mol. The SMILES string of the molecule is CC1CCN(C(=O)CN(C)CC(C)(C)CN)CC1.Cl. The summed E-state index contributed by atoms with van der Waals surface area (Å²) in [5.74, 6) is 1.03. The van der Waals surface area contributed by atoms with E-state index in [0.29, 0.717) is 13.1 Å². The largest absolute Gasteiger partial charge is 0.342 e. The van der Waals surface area contributed by atoms with Crippen LogP contribution >= 0.6 is 12.4 Å². The number of hydrogen-bond acceptors (Lipinski definition) is 3. The van der Waals surface area contributed by atoms with Crippen molar-refractivity contribution in [2.45, 2.75) is 33.6 Å². The Balaban J connectivity index is 0.00000324. The van der Waals surface area contributed by atoms with Gasteiger partial charge in [0.1, 0.15) is 0 Å². The third-order valence-corrected chi connectivity index (χ3v) is 3.79. The number of nitrogens with zero attached hydrogens (tertiary/aromatic N) is 2. The smallest absolute Gasteiger partial charge is 0.236 e. The standard InChI is InChI=1S/C14H29N3O.ClH/c1-12-5-7-17(8-6-12)13(18)9-16(4)11-14(2,3)10-15;/h12H,5-11,15H2,1-4H3;1H. The highest BCUT2D eigenvalue weighted by Crippen LogP contribution is 2.17. The molecule has 2 N–H and O–H groups in total. The lowest BCUT2D eigenvalue weighted by Gasteiger charge is -2.33. The normalized spacial score (nSPS) is 17.5. The van der Waals surface area contributed by atoms with Gasteiger partial charge in [0, 0.05) is 19.6 Å². The second-order valence-electron chi connectivity index (χ2n) is 6.60. The molecule has 0 aliphatic carbocycles. The van der Waals surface area contributed by atoms with Crippen LogP contribution in [0.1, 0.15) is 33.6 Å². The zero-order valence-corrected chi connectivity index (χ0v) is 13.6. The van der Waals surface area contributed by atoms with Crippen molar-refractivity contribution < 1.29 is 4.79 Å². The van der Waals surface area contributed by atoms with E-state index in [1.165, 1.54) is 0 Å². The van der Waals surface area contributed by atoms with Gasteiger partial charge < -0.3 is 10.6 Å². The van der Waals surface area contributed by atoms with Crippen LogP contribution in [0.3, 0.4) is 0 Å². The van der Waals surface area contributed by atoms with Crippen LogP contribution in [0.4, 0.5) is 0 Å². The summed E-state index contributed by atoms with van der Waals surface area (Å²) in [6.07, 6.45) is 2.29. The van der Waals surface area contributed by atoms with Gasteiger partial charge in [-0.2, -0.15) is 0 Å². The zero-order valence-electron chi connectivity index (χ0n) is 12.8. The van der Waals surface area contributed by atoms with E-state index in [4.69, 9.17) is 5.73 Å². The minimum Gasteiger partial charge on any atom is -0.342 e. The van der Waals surface area contributed by atoms with E-state index in [9.17, 15) is 4.79 Å². The molecule has 0 unspecified atom stereocenters. The van der Waals surface area contributed by atoms with E-state index in [2.05, 4.69) is 25.7 Å². The van der Waals surface area contributed by atoms with E-state index < -0.39 is 0 Å². The number of nitrogens with two attached hydrogens (primary N) is 1. The van der Waals surface area contributed by atoms with Crippen LogP contribution in [-0.2, 0) is 4.79 Å². The first-order valence-corrected chi connectivity index (χ1v) is 7.00. The van der Waals surface area contributed by atoms with Crippen LogP contribution in [0.15, 0.2) is 0 Å². The van der Waals surface area contributed by atoms with E-state index in [1.807, 2.05) is 11.9 Å². The number of rotatable bonds is 5. The Kier molecular flexibility index (Phi) is 7.94. The Morgan fingerprint density at radius 2 is 1.89 bits per heavy atom. The summed E-state index contributed by atoms with van der Waals surface area (Å²) in [6.45, 7) is 10.4. The van der Waals surface area contributed by atoms with Crippen molar-refractivity contribution >= 4 is 18.3 Å². The Bertz CT molecular complexity index is 276. The Morgan fingerprint density at radius 1 is 1.37 bits per heavy atom. The molecule has 1 rings (SSSR count). The lowest BCUT2D eigenvalue weighted by molar-refractivity contribution is -0.133. The first-order chi connectivity index (χ1) is 8.34. The fourth-order valence-electron chi connectivity index (χ4n) is 2.44. The molecule has 114 valence electrons. The zero-order chi connectivity index (χ0) is 13.8. The molecule has 19 heavy (non-hydrogen) atoms. The number of likely N-dealkylation sites (N-methyl/N-ethyl adjacent to an activating group) is 1. The van der Waals surface area contributed by atoms with Gasteiger partial charge in [0.05, 0.1) is 6.54 Å². The third kappa shape index (κ3) is 6.59. The van der Waals surface area contributed by atoms with Crippen molar-refractivity contribution in [1.82, 2.24) is 9.80 Å². The highest BCUT2D eigenvalue weighted by atomic mass is 35.5. The molecule has 4 nitrogen and oxygen atoms in total. The maximum atomic E-state index is 12.1. The van der Waals surface area contributed by atoms with Gasteiger partial charge in [-0.05, 0) is 37.8 Å². The molecule has 1 aliphatic heterocycles. The highest BCUT2D eigenvalue weighted by molar-refractivity contribution is 5.85. The molecule has 0 bridgehead atoms. The van der Waals surface area contributed by atoms with E-state index in [-0.39, 0.29) is 23.7 Å². The monoisotopic (exact) mass is 291 g/mol. The Hall–Kier alpha value is -0.320. The molecule has 0 aromatic heterocycles. The lowest BCUT2D eigenvalue weighted by atomic mass is 9.93. The van der Waals surface area contributed by atoms with Crippen LogP contribution in [0.2, 0.25) is 0 Å². The highest BCUT2D eigenvalue weighted by Gasteiger charge is 2.23. The van der Waals surface area contributed by atoms with Crippen LogP contribution in [-0.4, -0.2) is 55.5 Å². The molecule has 0 radical (unpaired) electrons. The van der Waals surface area contributed by atoms with Gasteiger partial charge >= 0.3 is 0 Å². The molecule has 0 atom stereocenters. The first kappa shape index (κ1) is 18.7. The predicted octanol–water partition coefficient (Wildman–Crippen LogP) is 1.58. The summed E-state index contributed by atoms with van der Waals surface area (Å²) in [5, 5.41) is 0. The van der Waals surface area contributed by atoms with Crippen molar-refractivity contribution in [3.63, 3.8) is 0 Å². The van der Waals surface area contributed by atoms with Gasteiger partial charge in [0.25, 0.3) is 0 Å². The third-order valence-electron chi connectivity index (χ3n) is 3.79. The number of carbonyl (C=O) groups excluding carboxylic acids is 1. The lowest BCUT2D eigenvalue weighted by Crippen LogP contribution is -2.45. The number of halogens is 1. The number of amides is 1. The summed E-state index contributed by atoms with van der Waals surface area (Å²) in [6, 6.07) is 0. The summed E-state index contributed by atoms with van der Waals surface area (Å²) in [7, 11) is 2.00. The fraction of sp³-hybridized carbons (Fsp3) is 0.929. The maximum Gasteiger partial charge on any atom is 0.236 e. The average Bonchev–Trinajstić information content (AvgIpc) is 2.29. The number of piperidine rings is 1. The van der Waals surface area contributed by atoms with Crippen molar-refractivity contribution in [2.75, 3.05) is 39.8 Å². The number of carbonyl (C=O) groups is 1. The summed E-state index contributed by atoms with van der Waals surface area (Å²) in [4.78, 5) is 16.2. The van der Waals surface area contributed by atoms with Crippen LogP contribution in [0, 0.1) is 11.3 Å². The number of likely N-dealkylation sites (tertiary alicyclic amines) is 1. The Labute approximate surface area is 124 Å². The maximum absolute atomic E-state index is 12.1. The molecule has 1 fully saturated rings. The summed E-state index contributed by atoms with van der Waals surface area (Å²) >= 11 is 0. The molecule has 1 amide bonds. The van der Waals surface area contributed by atoms with Crippen LogP contribution < -0.4 is 5.73 Å². The second-order valence-corrected chi connectivity index (χ2v) is 6.60. The van der Waals surface area contributed by atoms with E-state index >= 15 is 0 Å². The molecule has 0 aromatic rings. The van der Waals surface area contributed by atoms with Gasteiger partial charge in [0.15, 0.2) is 0 Å². The first-order valence-electron chi connectivity index (χ1n) is 7.00. The van der Waals surface area contributed by atoms with Crippen LogP contribution in [0.5, 0.6) is 0 Å². The molecular weight excluding hydrogens is 262 g/mol. The Morgan fingerprint density at radius 3 is 2.37 bits per heavy atom. The molecule has 0 aromatic carbocycles. The molecule has 0 spiro atoms. The minimum absolute atomic E-state index is 0. The van der Waals surface area contributed by atoms with Gasteiger partial charge in [-0.1, -0.05) is 20.8 Å².